The molecule has 2 rings (SSSR count). The average molecular weight is 309 g/mol. The lowest BCUT2D eigenvalue weighted by molar-refractivity contribution is 0.394. The van der Waals surface area contributed by atoms with Crippen molar-refractivity contribution in [2.24, 2.45) is 5.84 Å². The van der Waals surface area contributed by atoms with Crippen molar-refractivity contribution in [3.05, 3.63) is 46.2 Å². The Morgan fingerprint density at radius 3 is 2.67 bits per heavy atom. The normalized spacial score (nSPS) is 12.7. The van der Waals surface area contributed by atoms with Gasteiger partial charge in [0.2, 0.25) is 0 Å². The van der Waals surface area contributed by atoms with Crippen LogP contribution in [0.5, 0.6) is 5.75 Å². The molecule has 0 saturated carbocycles. The number of aromatic nitrogens is 2. The lowest BCUT2D eigenvalue weighted by Crippen LogP contribution is -2.32. The lowest BCUT2D eigenvalue weighted by atomic mass is 9.98. The van der Waals surface area contributed by atoms with E-state index in [1.807, 2.05) is 29.8 Å². The maximum atomic E-state index is 6.23. The minimum atomic E-state index is -0.247. The predicted molar refractivity (Wildman–Crippen MR) is 84.5 cm³/mol. The highest BCUT2D eigenvalue weighted by Crippen LogP contribution is 2.34. The van der Waals surface area contributed by atoms with Gasteiger partial charge in [-0.05, 0) is 38.0 Å². The van der Waals surface area contributed by atoms with E-state index in [2.05, 4.69) is 24.4 Å². The van der Waals surface area contributed by atoms with Crippen molar-refractivity contribution in [3.63, 3.8) is 0 Å². The molecule has 0 bridgehead atoms. The fraction of sp³-hybridized carbons (Fsp3) is 0.400. The zero-order chi connectivity index (χ0) is 15.6. The molecule has 114 valence electrons. The molecule has 0 saturated heterocycles. The minimum Gasteiger partial charge on any atom is -0.493 e. The first-order chi connectivity index (χ1) is 10.0. The Bertz CT molecular complexity index is 624. The van der Waals surface area contributed by atoms with Crippen LogP contribution in [-0.4, -0.2) is 16.9 Å². The summed E-state index contributed by atoms with van der Waals surface area (Å²) < 4.78 is 7.35. The van der Waals surface area contributed by atoms with Gasteiger partial charge in [-0.25, -0.2) is 5.43 Å². The van der Waals surface area contributed by atoms with Gasteiger partial charge in [0.15, 0.2) is 5.75 Å². The van der Waals surface area contributed by atoms with Crippen LogP contribution in [0.15, 0.2) is 24.4 Å². The molecule has 0 aliphatic rings. The summed E-state index contributed by atoms with van der Waals surface area (Å²) in [5, 5.41) is 5.11. The standard InChI is InChI=1S/C15H21ClN4O/c1-9(2)20-15(13(21-4)8-18-20)14(19-17)11-6-5-7-12(16)10(11)3/h5-9,14,19H,17H2,1-4H3. The summed E-state index contributed by atoms with van der Waals surface area (Å²) in [6.45, 7) is 6.10. The number of nitrogens with zero attached hydrogens (tertiary/aromatic N) is 2. The lowest BCUT2D eigenvalue weighted by Gasteiger charge is -2.23. The second-order valence-corrected chi connectivity index (χ2v) is 5.60. The van der Waals surface area contributed by atoms with Crippen molar-refractivity contribution in [2.45, 2.75) is 32.9 Å². The molecule has 1 heterocycles. The number of rotatable bonds is 5. The molecule has 2 aromatic rings. The first-order valence-corrected chi connectivity index (χ1v) is 7.21. The number of benzene rings is 1. The molecule has 1 aromatic carbocycles. The monoisotopic (exact) mass is 308 g/mol. The van der Waals surface area contributed by atoms with Crippen LogP contribution in [0.25, 0.3) is 0 Å². The summed E-state index contributed by atoms with van der Waals surface area (Å²) in [7, 11) is 1.63. The van der Waals surface area contributed by atoms with Crippen molar-refractivity contribution in [1.29, 1.82) is 0 Å². The van der Waals surface area contributed by atoms with Crippen LogP contribution >= 0.6 is 11.6 Å². The van der Waals surface area contributed by atoms with Gasteiger partial charge in [0, 0.05) is 11.1 Å². The SMILES string of the molecule is COc1cnn(C(C)C)c1C(NN)c1cccc(Cl)c1C. The number of nitrogens with one attached hydrogen (secondary N) is 1. The third-order valence-electron chi connectivity index (χ3n) is 3.57. The number of hydrazine groups is 1. The number of halogens is 1. The van der Waals surface area contributed by atoms with E-state index in [-0.39, 0.29) is 12.1 Å². The summed E-state index contributed by atoms with van der Waals surface area (Å²) in [4.78, 5) is 0. The van der Waals surface area contributed by atoms with Crippen LogP contribution in [0.3, 0.4) is 0 Å². The highest BCUT2D eigenvalue weighted by Gasteiger charge is 2.25. The molecule has 0 fully saturated rings. The first-order valence-electron chi connectivity index (χ1n) is 6.83. The Morgan fingerprint density at radius 1 is 1.38 bits per heavy atom. The van der Waals surface area contributed by atoms with Gasteiger partial charge in [-0.1, -0.05) is 23.7 Å². The van der Waals surface area contributed by atoms with Gasteiger partial charge < -0.3 is 4.74 Å². The number of ether oxygens (including phenoxy) is 1. The van der Waals surface area contributed by atoms with E-state index in [4.69, 9.17) is 22.2 Å². The molecular formula is C15H21ClN4O. The molecule has 0 amide bonds. The second kappa shape index (κ2) is 6.47. The second-order valence-electron chi connectivity index (χ2n) is 5.19. The van der Waals surface area contributed by atoms with E-state index < -0.39 is 0 Å². The van der Waals surface area contributed by atoms with Crippen LogP contribution in [0.4, 0.5) is 0 Å². The zero-order valence-corrected chi connectivity index (χ0v) is 13.5. The van der Waals surface area contributed by atoms with Crippen LogP contribution in [0.1, 0.15) is 42.8 Å². The molecule has 0 aliphatic heterocycles. The van der Waals surface area contributed by atoms with Crippen LogP contribution in [0, 0.1) is 6.92 Å². The van der Waals surface area contributed by atoms with E-state index in [0.717, 1.165) is 16.8 Å². The molecular weight excluding hydrogens is 288 g/mol. The molecule has 3 N–H and O–H groups in total. The average Bonchev–Trinajstić information content (AvgIpc) is 2.88. The molecule has 1 aromatic heterocycles. The fourth-order valence-corrected chi connectivity index (χ4v) is 2.63. The predicted octanol–water partition coefficient (Wildman–Crippen LogP) is 2.99. The minimum absolute atomic E-state index is 0.194. The zero-order valence-electron chi connectivity index (χ0n) is 12.7. The van der Waals surface area contributed by atoms with Gasteiger partial charge in [-0.3, -0.25) is 10.5 Å². The summed E-state index contributed by atoms with van der Waals surface area (Å²) >= 11 is 6.23. The highest BCUT2D eigenvalue weighted by atomic mass is 35.5. The van der Waals surface area contributed by atoms with Crippen LogP contribution in [-0.2, 0) is 0 Å². The van der Waals surface area contributed by atoms with E-state index in [9.17, 15) is 0 Å². The molecule has 21 heavy (non-hydrogen) atoms. The maximum absolute atomic E-state index is 6.23. The van der Waals surface area contributed by atoms with Gasteiger partial charge in [0.1, 0.15) is 5.69 Å². The van der Waals surface area contributed by atoms with Gasteiger partial charge in [-0.15, -0.1) is 0 Å². The number of nitrogens with two attached hydrogens (primary N) is 1. The Hall–Kier alpha value is -1.56. The molecule has 1 atom stereocenters. The highest BCUT2D eigenvalue weighted by molar-refractivity contribution is 6.31. The Balaban J connectivity index is 2.61. The van der Waals surface area contributed by atoms with Crippen LogP contribution < -0.4 is 16.0 Å². The number of hydrogen-bond donors (Lipinski definition) is 2. The number of hydrogen-bond acceptors (Lipinski definition) is 4. The van der Waals surface area contributed by atoms with Crippen molar-refractivity contribution in [2.75, 3.05) is 7.11 Å². The van der Waals surface area contributed by atoms with Gasteiger partial charge in [0.05, 0.1) is 19.3 Å². The third-order valence-corrected chi connectivity index (χ3v) is 3.98. The van der Waals surface area contributed by atoms with Crippen molar-refractivity contribution >= 4 is 11.6 Å². The van der Waals surface area contributed by atoms with E-state index in [1.165, 1.54) is 0 Å². The van der Waals surface area contributed by atoms with Crippen molar-refractivity contribution in [3.8, 4) is 5.75 Å². The third kappa shape index (κ3) is 2.90. The summed E-state index contributed by atoms with van der Waals surface area (Å²) in [5.41, 5.74) is 5.74. The molecule has 0 spiro atoms. The molecule has 6 heteroatoms. The Labute approximate surface area is 130 Å². The topological polar surface area (TPSA) is 65.1 Å². The first kappa shape index (κ1) is 15.8. The summed E-state index contributed by atoms with van der Waals surface area (Å²) in [6, 6.07) is 5.73. The Morgan fingerprint density at radius 2 is 2.10 bits per heavy atom. The van der Waals surface area contributed by atoms with Crippen molar-refractivity contribution in [1.82, 2.24) is 15.2 Å². The van der Waals surface area contributed by atoms with Gasteiger partial charge in [-0.2, -0.15) is 5.10 Å². The van der Waals surface area contributed by atoms with Crippen molar-refractivity contribution < 1.29 is 4.74 Å². The summed E-state index contributed by atoms with van der Waals surface area (Å²) in [6.07, 6.45) is 1.71. The smallest absolute Gasteiger partial charge is 0.161 e. The Kier molecular flexibility index (Phi) is 4.88. The van der Waals surface area contributed by atoms with Gasteiger partial charge in [0.25, 0.3) is 0 Å². The van der Waals surface area contributed by atoms with E-state index >= 15 is 0 Å². The largest absolute Gasteiger partial charge is 0.493 e. The molecule has 5 nitrogen and oxygen atoms in total. The van der Waals surface area contributed by atoms with Crippen LogP contribution in [0.2, 0.25) is 5.02 Å². The van der Waals surface area contributed by atoms with Gasteiger partial charge >= 0.3 is 0 Å². The quantitative estimate of drug-likeness (QED) is 0.658. The summed E-state index contributed by atoms with van der Waals surface area (Å²) in [5.74, 6) is 6.52. The maximum Gasteiger partial charge on any atom is 0.161 e. The van der Waals surface area contributed by atoms with E-state index in [1.54, 1.807) is 13.3 Å². The van der Waals surface area contributed by atoms with E-state index in [0.29, 0.717) is 10.8 Å². The molecule has 1 unspecified atom stereocenters. The fourth-order valence-electron chi connectivity index (χ4n) is 2.45. The number of methoxy groups -OCH3 is 1. The molecule has 0 aliphatic carbocycles. The molecule has 0 radical (unpaired) electrons.